The van der Waals surface area contributed by atoms with E-state index in [1.54, 1.807) is 0 Å². The minimum absolute atomic E-state index is 0.0331. The van der Waals surface area contributed by atoms with Crippen LogP contribution in [0.15, 0.2) is 6.07 Å². The molecule has 88 valence electrons. The highest BCUT2D eigenvalue weighted by Gasteiger charge is 2.15. The molecule has 0 aromatic heterocycles. The summed E-state index contributed by atoms with van der Waals surface area (Å²) in [6.45, 7) is 1.49. The van der Waals surface area contributed by atoms with Gasteiger partial charge in [0, 0.05) is 12.0 Å². The van der Waals surface area contributed by atoms with E-state index in [9.17, 15) is 13.6 Å². The standard InChI is InChI=1S/C11H11ClF2O2/c1-6-5-8(12)11(14)7(10(6)13)3-2-4-9(15)16/h5H,2-4H2,1H3,(H,15,16). The number of aliphatic carboxylic acids is 1. The Kier molecular flexibility index (Phi) is 4.24. The lowest BCUT2D eigenvalue weighted by Gasteiger charge is -2.08. The molecule has 0 atom stereocenters. The van der Waals surface area contributed by atoms with E-state index in [4.69, 9.17) is 16.7 Å². The second kappa shape index (κ2) is 5.25. The van der Waals surface area contributed by atoms with Gasteiger partial charge in [-0.25, -0.2) is 8.78 Å². The van der Waals surface area contributed by atoms with Crippen LogP contribution in [0.25, 0.3) is 0 Å². The Balaban J connectivity index is 2.90. The van der Waals surface area contributed by atoms with Crippen molar-refractivity contribution in [1.82, 2.24) is 0 Å². The van der Waals surface area contributed by atoms with E-state index in [0.717, 1.165) is 0 Å². The first-order valence-electron chi connectivity index (χ1n) is 4.78. The molecule has 0 saturated carbocycles. The second-order valence-corrected chi connectivity index (χ2v) is 3.94. The number of hydrogen-bond donors (Lipinski definition) is 1. The van der Waals surface area contributed by atoms with Crippen LogP contribution in [0.3, 0.4) is 0 Å². The number of halogens is 3. The van der Waals surface area contributed by atoms with Gasteiger partial charge in [-0.3, -0.25) is 4.79 Å². The molecule has 0 spiro atoms. The summed E-state index contributed by atoms with van der Waals surface area (Å²) in [6.07, 6.45) is 0.0960. The molecule has 0 aliphatic heterocycles. The van der Waals surface area contributed by atoms with Crippen molar-refractivity contribution in [1.29, 1.82) is 0 Å². The lowest BCUT2D eigenvalue weighted by molar-refractivity contribution is -0.137. The molecule has 5 heteroatoms. The minimum atomic E-state index is -0.987. The highest BCUT2D eigenvalue weighted by molar-refractivity contribution is 6.30. The van der Waals surface area contributed by atoms with Crippen molar-refractivity contribution in [3.63, 3.8) is 0 Å². The van der Waals surface area contributed by atoms with Gasteiger partial charge in [-0.15, -0.1) is 0 Å². The first-order valence-corrected chi connectivity index (χ1v) is 5.16. The van der Waals surface area contributed by atoms with Gasteiger partial charge in [0.25, 0.3) is 0 Å². The number of rotatable bonds is 4. The van der Waals surface area contributed by atoms with E-state index in [1.165, 1.54) is 13.0 Å². The van der Waals surface area contributed by atoms with Crippen LogP contribution in [0.2, 0.25) is 5.02 Å². The molecule has 0 fully saturated rings. The zero-order valence-electron chi connectivity index (χ0n) is 8.69. The fourth-order valence-electron chi connectivity index (χ4n) is 1.43. The van der Waals surface area contributed by atoms with Crippen molar-refractivity contribution in [2.45, 2.75) is 26.2 Å². The Hall–Kier alpha value is -1.16. The molecule has 1 aromatic carbocycles. The van der Waals surface area contributed by atoms with E-state index in [1.807, 2.05) is 0 Å². The van der Waals surface area contributed by atoms with E-state index < -0.39 is 17.6 Å². The lowest BCUT2D eigenvalue weighted by Crippen LogP contribution is -2.02. The van der Waals surface area contributed by atoms with Crippen LogP contribution in [-0.2, 0) is 11.2 Å². The van der Waals surface area contributed by atoms with Crippen molar-refractivity contribution in [3.8, 4) is 0 Å². The van der Waals surface area contributed by atoms with Crippen LogP contribution in [-0.4, -0.2) is 11.1 Å². The summed E-state index contributed by atoms with van der Waals surface area (Å²) in [7, 11) is 0. The highest BCUT2D eigenvalue weighted by Crippen LogP contribution is 2.25. The zero-order chi connectivity index (χ0) is 12.3. The van der Waals surface area contributed by atoms with Gasteiger partial charge in [-0.05, 0) is 31.4 Å². The molecular formula is C11H11ClF2O2. The summed E-state index contributed by atoms with van der Waals surface area (Å²) in [6, 6.07) is 1.22. The van der Waals surface area contributed by atoms with Crippen molar-refractivity contribution < 1.29 is 18.7 Å². The Morgan fingerprint density at radius 2 is 2.06 bits per heavy atom. The van der Waals surface area contributed by atoms with Gasteiger partial charge in [0.2, 0.25) is 0 Å². The van der Waals surface area contributed by atoms with Crippen molar-refractivity contribution in [2.75, 3.05) is 0 Å². The molecule has 1 N–H and O–H groups in total. The Bertz CT molecular complexity index is 393. The highest BCUT2D eigenvalue weighted by atomic mass is 35.5. The molecule has 2 nitrogen and oxygen atoms in total. The molecule has 0 radical (unpaired) electrons. The normalized spacial score (nSPS) is 10.5. The van der Waals surface area contributed by atoms with E-state index in [0.29, 0.717) is 0 Å². The number of carboxylic acid groups (broad SMARTS) is 1. The second-order valence-electron chi connectivity index (χ2n) is 3.53. The van der Waals surface area contributed by atoms with Crippen LogP contribution in [0, 0.1) is 18.6 Å². The number of hydrogen-bond acceptors (Lipinski definition) is 1. The molecule has 0 heterocycles. The summed E-state index contributed by atoms with van der Waals surface area (Å²) < 4.78 is 27.0. The van der Waals surface area contributed by atoms with Crippen LogP contribution in [0.4, 0.5) is 8.78 Å². The Morgan fingerprint density at radius 3 is 2.62 bits per heavy atom. The van der Waals surface area contributed by atoms with Crippen molar-refractivity contribution in [3.05, 3.63) is 33.9 Å². The van der Waals surface area contributed by atoms with E-state index in [2.05, 4.69) is 0 Å². The van der Waals surface area contributed by atoms with E-state index in [-0.39, 0.29) is 35.4 Å². The molecule has 0 bridgehead atoms. The quantitative estimate of drug-likeness (QED) is 0.830. The predicted molar refractivity (Wildman–Crippen MR) is 56.7 cm³/mol. The number of aryl methyl sites for hydroxylation is 1. The topological polar surface area (TPSA) is 37.3 Å². The molecular weight excluding hydrogens is 238 g/mol. The first kappa shape index (κ1) is 12.9. The van der Waals surface area contributed by atoms with Gasteiger partial charge in [0.15, 0.2) is 0 Å². The third kappa shape index (κ3) is 2.92. The molecule has 0 aliphatic carbocycles. The molecule has 0 amide bonds. The van der Waals surface area contributed by atoms with Gasteiger partial charge in [-0.2, -0.15) is 0 Å². The van der Waals surface area contributed by atoms with Crippen LogP contribution >= 0.6 is 11.6 Å². The lowest BCUT2D eigenvalue weighted by atomic mass is 10.0. The largest absolute Gasteiger partial charge is 0.481 e. The van der Waals surface area contributed by atoms with Gasteiger partial charge in [0.1, 0.15) is 11.6 Å². The maximum atomic E-state index is 13.5. The van der Waals surface area contributed by atoms with Crippen LogP contribution in [0.5, 0.6) is 0 Å². The molecule has 0 saturated heterocycles. The van der Waals surface area contributed by atoms with Gasteiger partial charge in [-0.1, -0.05) is 11.6 Å². The SMILES string of the molecule is Cc1cc(Cl)c(F)c(CCCC(=O)O)c1F. The average Bonchev–Trinajstić information content (AvgIpc) is 2.20. The summed E-state index contributed by atoms with van der Waals surface area (Å²) in [5.41, 5.74) is 0.128. The summed E-state index contributed by atoms with van der Waals surface area (Å²) in [4.78, 5) is 10.3. The van der Waals surface area contributed by atoms with Crippen molar-refractivity contribution >= 4 is 17.6 Å². The third-order valence-corrected chi connectivity index (χ3v) is 2.52. The summed E-state index contributed by atoms with van der Waals surface area (Å²) in [5, 5.41) is 8.29. The smallest absolute Gasteiger partial charge is 0.303 e. The summed E-state index contributed by atoms with van der Waals surface area (Å²) >= 11 is 5.57. The molecule has 0 aliphatic rings. The monoisotopic (exact) mass is 248 g/mol. The third-order valence-electron chi connectivity index (χ3n) is 2.25. The Morgan fingerprint density at radius 1 is 1.44 bits per heavy atom. The van der Waals surface area contributed by atoms with E-state index >= 15 is 0 Å². The number of benzene rings is 1. The van der Waals surface area contributed by atoms with Gasteiger partial charge >= 0.3 is 5.97 Å². The minimum Gasteiger partial charge on any atom is -0.481 e. The first-order chi connectivity index (χ1) is 7.43. The Labute approximate surface area is 96.8 Å². The van der Waals surface area contributed by atoms with Gasteiger partial charge in [0.05, 0.1) is 5.02 Å². The molecule has 1 rings (SSSR count). The van der Waals surface area contributed by atoms with Crippen LogP contribution < -0.4 is 0 Å². The maximum absolute atomic E-state index is 13.5. The number of carboxylic acids is 1. The average molecular weight is 249 g/mol. The van der Waals surface area contributed by atoms with Gasteiger partial charge < -0.3 is 5.11 Å². The number of carbonyl (C=O) groups is 1. The molecule has 0 unspecified atom stereocenters. The van der Waals surface area contributed by atoms with Crippen molar-refractivity contribution in [2.24, 2.45) is 0 Å². The maximum Gasteiger partial charge on any atom is 0.303 e. The van der Waals surface area contributed by atoms with Crippen LogP contribution in [0.1, 0.15) is 24.0 Å². The summed E-state index contributed by atoms with van der Waals surface area (Å²) in [5.74, 6) is -2.43. The zero-order valence-corrected chi connectivity index (χ0v) is 9.44. The predicted octanol–water partition coefficient (Wildman–Crippen LogP) is 3.33. The fraction of sp³-hybridized carbons (Fsp3) is 0.364. The molecule has 16 heavy (non-hydrogen) atoms. The molecule has 1 aromatic rings. The fourth-order valence-corrected chi connectivity index (χ4v) is 1.71.